The SMILES string of the molecule is Nc1cc2c([nH]c3ccccc32)c(-c2c3ccccc3cc3ccccc23)c1-c1ccc(-c2cccc3ccccc23)cc1. The van der Waals surface area contributed by atoms with Crippen LogP contribution in [0.15, 0.2) is 152 Å². The Hall–Kier alpha value is -5.86. The summed E-state index contributed by atoms with van der Waals surface area (Å²) in [5.74, 6) is 0. The number of hydrogen-bond donors (Lipinski definition) is 2. The first-order valence-corrected chi connectivity index (χ1v) is 15.1. The maximum atomic E-state index is 7.10. The van der Waals surface area contributed by atoms with E-state index in [0.717, 1.165) is 38.8 Å². The van der Waals surface area contributed by atoms with Crippen molar-refractivity contribution >= 4 is 59.8 Å². The molecule has 2 nitrogen and oxygen atoms in total. The molecule has 9 rings (SSSR count). The van der Waals surface area contributed by atoms with Crippen molar-refractivity contribution in [3.05, 3.63) is 152 Å². The summed E-state index contributed by atoms with van der Waals surface area (Å²) in [7, 11) is 0. The van der Waals surface area contributed by atoms with Gasteiger partial charge >= 0.3 is 0 Å². The van der Waals surface area contributed by atoms with E-state index < -0.39 is 0 Å². The molecular weight excluding hydrogens is 532 g/mol. The first-order chi connectivity index (χ1) is 21.7. The monoisotopic (exact) mass is 560 g/mol. The number of nitrogen functional groups attached to an aromatic ring is 1. The van der Waals surface area contributed by atoms with Gasteiger partial charge in [-0.25, -0.2) is 0 Å². The van der Waals surface area contributed by atoms with Crippen molar-refractivity contribution in [1.82, 2.24) is 4.98 Å². The van der Waals surface area contributed by atoms with Gasteiger partial charge in [0.05, 0.1) is 5.52 Å². The molecule has 1 heterocycles. The molecule has 0 aliphatic carbocycles. The van der Waals surface area contributed by atoms with Crippen LogP contribution >= 0.6 is 0 Å². The van der Waals surface area contributed by atoms with Crippen LogP contribution in [0, 0.1) is 0 Å². The van der Waals surface area contributed by atoms with E-state index in [1.54, 1.807) is 0 Å². The second-order valence-corrected chi connectivity index (χ2v) is 11.6. The van der Waals surface area contributed by atoms with Crippen LogP contribution in [0.25, 0.3) is 87.5 Å². The van der Waals surface area contributed by atoms with E-state index >= 15 is 0 Å². The lowest BCUT2D eigenvalue weighted by Gasteiger charge is -2.19. The molecule has 44 heavy (non-hydrogen) atoms. The third-order valence-corrected chi connectivity index (χ3v) is 9.13. The molecule has 0 saturated carbocycles. The fourth-order valence-corrected chi connectivity index (χ4v) is 7.15. The highest BCUT2D eigenvalue weighted by atomic mass is 14.7. The summed E-state index contributed by atoms with van der Waals surface area (Å²) in [6, 6.07) is 54.4. The van der Waals surface area contributed by atoms with Crippen molar-refractivity contribution in [3.8, 4) is 33.4 Å². The summed E-state index contributed by atoms with van der Waals surface area (Å²) in [5, 5.41) is 9.67. The molecule has 0 spiro atoms. The van der Waals surface area contributed by atoms with Gasteiger partial charge < -0.3 is 10.7 Å². The van der Waals surface area contributed by atoms with Gasteiger partial charge in [-0.15, -0.1) is 0 Å². The Morgan fingerprint density at radius 2 is 0.955 bits per heavy atom. The lowest BCUT2D eigenvalue weighted by molar-refractivity contribution is 1.53. The molecule has 2 heteroatoms. The molecule has 0 aliphatic heterocycles. The highest BCUT2D eigenvalue weighted by Gasteiger charge is 2.22. The van der Waals surface area contributed by atoms with Gasteiger partial charge in [0.15, 0.2) is 0 Å². The van der Waals surface area contributed by atoms with Gasteiger partial charge in [0.2, 0.25) is 0 Å². The van der Waals surface area contributed by atoms with Gasteiger partial charge in [0, 0.05) is 38.7 Å². The summed E-state index contributed by atoms with van der Waals surface area (Å²) < 4.78 is 0. The highest BCUT2D eigenvalue weighted by Crippen LogP contribution is 2.48. The second kappa shape index (κ2) is 9.58. The number of nitrogens with two attached hydrogens (primary N) is 1. The maximum absolute atomic E-state index is 7.10. The van der Waals surface area contributed by atoms with Crippen LogP contribution in [-0.4, -0.2) is 4.98 Å². The molecule has 0 fully saturated rings. The van der Waals surface area contributed by atoms with Gasteiger partial charge in [0.25, 0.3) is 0 Å². The van der Waals surface area contributed by atoms with E-state index in [-0.39, 0.29) is 0 Å². The predicted molar refractivity (Wildman–Crippen MR) is 189 cm³/mol. The summed E-state index contributed by atoms with van der Waals surface area (Å²) >= 11 is 0. The van der Waals surface area contributed by atoms with Crippen LogP contribution in [0.4, 0.5) is 5.69 Å². The molecule has 0 aliphatic rings. The van der Waals surface area contributed by atoms with E-state index in [1.807, 2.05) is 0 Å². The first-order valence-electron chi connectivity index (χ1n) is 15.1. The smallest absolute Gasteiger partial charge is 0.0552 e. The zero-order valence-corrected chi connectivity index (χ0v) is 24.0. The molecule has 8 aromatic carbocycles. The fraction of sp³-hybridized carbons (Fsp3) is 0. The number of para-hydroxylation sites is 1. The number of nitrogens with one attached hydrogen (secondary N) is 1. The molecule has 0 saturated heterocycles. The van der Waals surface area contributed by atoms with Crippen molar-refractivity contribution in [1.29, 1.82) is 0 Å². The topological polar surface area (TPSA) is 41.8 Å². The molecule has 0 bridgehead atoms. The average molecular weight is 561 g/mol. The summed E-state index contributed by atoms with van der Waals surface area (Å²) in [4.78, 5) is 3.81. The zero-order valence-electron chi connectivity index (χ0n) is 24.0. The van der Waals surface area contributed by atoms with Crippen molar-refractivity contribution in [2.45, 2.75) is 0 Å². The largest absolute Gasteiger partial charge is 0.398 e. The molecule has 9 aromatic rings. The van der Waals surface area contributed by atoms with Crippen LogP contribution in [0.3, 0.4) is 0 Å². The summed E-state index contributed by atoms with van der Waals surface area (Å²) in [5.41, 5.74) is 17.0. The van der Waals surface area contributed by atoms with Crippen molar-refractivity contribution < 1.29 is 0 Å². The quantitative estimate of drug-likeness (QED) is 0.164. The number of benzene rings is 8. The third kappa shape index (κ3) is 3.68. The second-order valence-electron chi connectivity index (χ2n) is 11.6. The van der Waals surface area contributed by atoms with Gasteiger partial charge in [-0.05, 0) is 67.2 Å². The molecular formula is C42H28N2. The van der Waals surface area contributed by atoms with E-state index in [9.17, 15) is 0 Å². The molecule has 0 unspecified atom stereocenters. The van der Waals surface area contributed by atoms with E-state index in [2.05, 4.69) is 157 Å². The maximum Gasteiger partial charge on any atom is 0.0552 e. The molecule has 3 N–H and O–H groups in total. The number of rotatable bonds is 3. The number of aromatic amines is 1. The minimum atomic E-state index is 0.771. The standard InChI is InChI=1S/C42H28N2/c43-37-25-36-35-17-7-8-19-38(35)44-42(36)41(40-33-15-5-2-11-29(33)24-30-12-3-6-16-34(30)40)39(37)28-22-20-27(21-23-28)32-18-9-13-26-10-1-4-14-31(26)32/h1-25,44H,43H2. The Bertz CT molecular complexity index is 2490. The molecule has 0 radical (unpaired) electrons. The molecule has 0 atom stereocenters. The Balaban J connectivity index is 1.38. The van der Waals surface area contributed by atoms with E-state index in [1.165, 1.54) is 54.4 Å². The van der Waals surface area contributed by atoms with Gasteiger partial charge in [0.1, 0.15) is 0 Å². The number of anilines is 1. The zero-order chi connectivity index (χ0) is 29.2. The Morgan fingerprint density at radius 1 is 0.386 bits per heavy atom. The Morgan fingerprint density at radius 3 is 1.68 bits per heavy atom. The molecule has 206 valence electrons. The van der Waals surface area contributed by atoms with Crippen LogP contribution in [0.2, 0.25) is 0 Å². The van der Waals surface area contributed by atoms with Crippen molar-refractivity contribution in [3.63, 3.8) is 0 Å². The number of hydrogen-bond acceptors (Lipinski definition) is 1. The van der Waals surface area contributed by atoms with Crippen LogP contribution in [0.5, 0.6) is 0 Å². The lowest BCUT2D eigenvalue weighted by Crippen LogP contribution is -1.97. The van der Waals surface area contributed by atoms with Crippen LogP contribution < -0.4 is 5.73 Å². The molecule has 0 amide bonds. The Kier molecular flexibility index (Phi) is 5.38. The van der Waals surface area contributed by atoms with E-state index in [0.29, 0.717) is 0 Å². The fourth-order valence-electron chi connectivity index (χ4n) is 7.15. The van der Waals surface area contributed by atoms with Gasteiger partial charge in [-0.1, -0.05) is 133 Å². The number of aromatic nitrogens is 1. The van der Waals surface area contributed by atoms with Crippen LogP contribution in [-0.2, 0) is 0 Å². The number of H-pyrrole nitrogens is 1. The van der Waals surface area contributed by atoms with Gasteiger partial charge in [-0.3, -0.25) is 0 Å². The lowest BCUT2D eigenvalue weighted by atomic mass is 9.85. The third-order valence-electron chi connectivity index (χ3n) is 9.13. The summed E-state index contributed by atoms with van der Waals surface area (Å²) in [6.45, 7) is 0. The Labute approximate surface area is 255 Å². The van der Waals surface area contributed by atoms with E-state index in [4.69, 9.17) is 5.73 Å². The summed E-state index contributed by atoms with van der Waals surface area (Å²) in [6.07, 6.45) is 0. The van der Waals surface area contributed by atoms with Crippen molar-refractivity contribution in [2.75, 3.05) is 5.73 Å². The molecule has 1 aromatic heterocycles. The first kappa shape index (κ1) is 24.7. The van der Waals surface area contributed by atoms with Gasteiger partial charge in [-0.2, -0.15) is 0 Å². The van der Waals surface area contributed by atoms with Crippen molar-refractivity contribution in [2.24, 2.45) is 0 Å². The van der Waals surface area contributed by atoms with Crippen LogP contribution in [0.1, 0.15) is 0 Å². The highest BCUT2D eigenvalue weighted by molar-refractivity contribution is 6.24. The normalized spacial score (nSPS) is 11.7. The number of fused-ring (bicyclic) bond motifs is 6. The minimum Gasteiger partial charge on any atom is -0.398 e. The predicted octanol–water partition coefficient (Wildman–Crippen LogP) is 11.4. The average Bonchev–Trinajstić information content (AvgIpc) is 3.45. The minimum absolute atomic E-state index is 0.771.